The van der Waals surface area contributed by atoms with Crippen LogP contribution in [-0.4, -0.2) is 44.2 Å². The summed E-state index contributed by atoms with van der Waals surface area (Å²) in [7, 11) is 0. The Labute approximate surface area is 213 Å². The molecule has 6 heteroatoms. The average molecular weight is 484 g/mol. The summed E-state index contributed by atoms with van der Waals surface area (Å²) in [5.41, 5.74) is 4.53. The molecule has 5 rings (SSSR count). The molecule has 0 saturated carbocycles. The first kappa shape index (κ1) is 24.1. The van der Waals surface area contributed by atoms with Gasteiger partial charge in [-0.05, 0) is 61.4 Å². The van der Waals surface area contributed by atoms with Crippen molar-refractivity contribution in [3.05, 3.63) is 90.0 Å². The molecule has 0 aromatic heterocycles. The molecule has 36 heavy (non-hydrogen) atoms. The smallest absolute Gasteiger partial charge is 0.258 e. The van der Waals surface area contributed by atoms with Gasteiger partial charge in [-0.1, -0.05) is 43.3 Å². The fourth-order valence-corrected chi connectivity index (χ4v) is 5.37. The molecule has 2 aliphatic heterocycles. The highest BCUT2D eigenvalue weighted by Gasteiger charge is 2.38. The van der Waals surface area contributed by atoms with Gasteiger partial charge in [-0.15, -0.1) is 0 Å². The molecule has 0 N–H and O–H groups in total. The van der Waals surface area contributed by atoms with Gasteiger partial charge in [0, 0.05) is 48.2 Å². The largest absolute Gasteiger partial charge is 0.378 e. The van der Waals surface area contributed by atoms with Crippen LogP contribution in [0.1, 0.15) is 48.7 Å². The Morgan fingerprint density at radius 1 is 0.917 bits per heavy atom. The van der Waals surface area contributed by atoms with E-state index in [1.54, 1.807) is 0 Å². The third kappa shape index (κ3) is 4.61. The molecule has 3 aromatic carbocycles. The highest BCUT2D eigenvalue weighted by molar-refractivity contribution is 6.07. The lowest BCUT2D eigenvalue weighted by molar-refractivity contribution is -0.118. The minimum Gasteiger partial charge on any atom is -0.378 e. The van der Waals surface area contributed by atoms with Gasteiger partial charge in [-0.25, -0.2) is 0 Å². The van der Waals surface area contributed by atoms with Crippen LogP contribution in [0.15, 0.2) is 78.9 Å². The Morgan fingerprint density at radius 3 is 2.28 bits per heavy atom. The number of para-hydroxylation sites is 2. The number of hydrogen-bond donors (Lipinski definition) is 0. The monoisotopic (exact) mass is 483 g/mol. The molecule has 2 aliphatic rings. The number of nitrogens with zero attached hydrogens (tertiary/aromatic N) is 3. The number of rotatable bonds is 5. The minimum absolute atomic E-state index is 0.0185. The van der Waals surface area contributed by atoms with Crippen LogP contribution in [0.5, 0.6) is 0 Å². The topological polar surface area (TPSA) is 53.1 Å². The van der Waals surface area contributed by atoms with Crippen molar-refractivity contribution >= 4 is 28.9 Å². The lowest BCUT2D eigenvalue weighted by atomic mass is 9.89. The predicted molar refractivity (Wildman–Crippen MR) is 144 cm³/mol. The van der Waals surface area contributed by atoms with Gasteiger partial charge >= 0.3 is 0 Å². The summed E-state index contributed by atoms with van der Waals surface area (Å²) in [6, 6.07) is 25.5. The van der Waals surface area contributed by atoms with E-state index in [2.05, 4.69) is 11.8 Å². The Kier molecular flexibility index (Phi) is 7.05. The first-order chi connectivity index (χ1) is 17.6. The zero-order chi connectivity index (χ0) is 25.1. The van der Waals surface area contributed by atoms with Crippen molar-refractivity contribution in [2.45, 2.75) is 38.8 Å². The lowest BCUT2D eigenvalue weighted by Gasteiger charge is -2.43. The molecule has 1 saturated heterocycles. The number of benzene rings is 3. The number of carbonyl (C=O) groups is 2. The summed E-state index contributed by atoms with van der Waals surface area (Å²) in [5.74, 6) is 0.0571. The second kappa shape index (κ2) is 10.5. The third-order valence-electron chi connectivity index (χ3n) is 7.19. The van der Waals surface area contributed by atoms with Gasteiger partial charge in [0.1, 0.15) is 0 Å². The molecular formula is C30H33N3O3. The van der Waals surface area contributed by atoms with Crippen LogP contribution < -0.4 is 14.7 Å². The van der Waals surface area contributed by atoms with Crippen LogP contribution in [-0.2, 0) is 9.53 Å². The minimum atomic E-state index is -0.140. The van der Waals surface area contributed by atoms with Crippen molar-refractivity contribution in [1.82, 2.24) is 0 Å². The molecule has 0 bridgehead atoms. The molecule has 2 unspecified atom stereocenters. The van der Waals surface area contributed by atoms with E-state index in [4.69, 9.17) is 4.74 Å². The maximum Gasteiger partial charge on any atom is 0.258 e. The summed E-state index contributed by atoms with van der Waals surface area (Å²) in [4.78, 5) is 33.1. The summed E-state index contributed by atoms with van der Waals surface area (Å²) in [5, 5.41) is 0. The van der Waals surface area contributed by atoms with E-state index in [9.17, 15) is 9.59 Å². The molecule has 0 spiro atoms. The molecule has 6 nitrogen and oxygen atoms in total. The Bertz CT molecular complexity index is 1210. The van der Waals surface area contributed by atoms with Gasteiger partial charge in [0.15, 0.2) is 0 Å². The Balaban J connectivity index is 1.47. The summed E-state index contributed by atoms with van der Waals surface area (Å²) in [6.45, 7) is 7.14. The Morgan fingerprint density at radius 2 is 1.58 bits per heavy atom. The normalized spacial score (nSPS) is 19.5. The zero-order valence-corrected chi connectivity index (χ0v) is 21.0. The van der Waals surface area contributed by atoms with Gasteiger partial charge in [-0.2, -0.15) is 0 Å². The fraction of sp³-hybridized carbons (Fsp3) is 0.333. The van der Waals surface area contributed by atoms with Crippen LogP contribution in [0.4, 0.5) is 17.1 Å². The van der Waals surface area contributed by atoms with Crippen molar-refractivity contribution in [3.63, 3.8) is 0 Å². The summed E-state index contributed by atoms with van der Waals surface area (Å²) < 4.78 is 5.46. The highest BCUT2D eigenvalue weighted by atomic mass is 16.5. The maximum atomic E-state index is 13.8. The zero-order valence-electron chi connectivity index (χ0n) is 21.0. The van der Waals surface area contributed by atoms with Gasteiger partial charge in [0.05, 0.1) is 19.3 Å². The second-order valence-electron chi connectivity index (χ2n) is 9.43. The number of carbonyl (C=O) groups excluding carboxylic acids is 2. The molecule has 2 heterocycles. The van der Waals surface area contributed by atoms with Crippen molar-refractivity contribution in [3.8, 4) is 0 Å². The number of ether oxygens (including phenoxy) is 1. The van der Waals surface area contributed by atoms with Crippen LogP contribution in [0, 0.1) is 0 Å². The number of morpholine rings is 1. The van der Waals surface area contributed by atoms with Crippen molar-refractivity contribution < 1.29 is 14.3 Å². The van der Waals surface area contributed by atoms with Crippen molar-refractivity contribution in [1.29, 1.82) is 0 Å². The maximum absolute atomic E-state index is 13.8. The molecule has 3 aromatic rings. The second-order valence-corrected chi connectivity index (χ2v) is 9.43. The van der Waals surface area contributed by atoms with E-state index in [-0.39, 0.29) is 23.9 Å². The Hall–Kier alpha value is -3.64. The van der Waals surface area contributed by atoms with Gasteiger partial charge in [0.2, 0.25) is 5.91 Å². The van der Waals surface area contributed by atoms with Crippen LogP contribution in [0.3, 0.4) is 0 Å². The number of fused-ring (bicyclic) bond motifs is 1. The molecule has 186 valence electrons. The molecule has 2 amide bonds. The van der Waals surface area contributed by atoms with E-state index in [0.29, 0.717) is 18.4 Å². The molecular weight excluding hydrogens is 450 g/mol. The lowest BCUT2D eigenvalue weighted by Crippen LogP contribution is -2.47. The molecule has 0 aliphatic carbocycles. The first-order valence-corrected chi connectivity index (χ1v) is 12.8. The predicted octanol–water partition coefficient (Wildman–Crippen LogP) is 5.45. The number of hydrogen-bond acceptors (Lipinski definition) is 4. The molecule has 0 radical (unpaired) electrons. The van der Waals surface area contributed by atoms with E-state index >= 15 is 0 Å². The molecule has 1 fully saturated rings. The number of anilines is 3. The summed E-state index contributed by atoms with van der Waals surface area (Å²) >= 11 is 0. The van der Waals surface area contributed by atoms with E-state index in [1.807, 2.05) is 95.6 Å². The first-order valence-electron chi connectivity index (χ1n) is 12.8. The van der Waals surface area contributed by atoms with E-state index in [1.165, 1.54) is 0 Å². The van der Waals surface area contributed by atoms with Crippen molar-refractivity contribution in [2.24, 2.45) is 0 Å². The quantitative estimate of drug-likeness (QED) is 0.485. The van der Waals surface area contributed by atoms with Gasteiger partial charge in [0.25, 0.3) is 5.91 Å². The van der Waals surface area contributed by atoms with E-state index < -0.39 is 0 Å². The standard InChI is InChI=1S/C30H33N3O3/c1-3-29(34)33(25-9-5-4-6-10-25)28-21-22(2)32(27-12-8-7-11-26(27)28)30(35)23-13-15-24(16-14-23)31-17-19-36-20-18-31/h4-16,22,28H,3,17-21H2,1-2H3. The number of amides is 2. The molecule has 2 atom stereocenters. The third-order valence-corrected chi connectivity index (χ3v) is 7.19. The van der Waals surface area contributed by atoms with Crippen LogP contribution in [0.25, 0.3) is 0 Å². The van der Waals surface area contributed by atoms with Crippen molar-refractivity contribution in [2.75, 3.05) is 41.0 Å². The van der Waals surface area contributed by atoms with Crippen LogP contribution in [0.2, 0.25) is 0 Å². The SMILES string of the molecule is CCC(=O)N(c1ccccc1)C1CC(C)N(C(=O)c2ccc(N3CCOCC3)cc2)c2ccccc21. The average Bonchev–Trinajstić information content (AvgIpc) is 2.94. The van der Waals surface area contributed by atoms with Gasteiger partial charge < -0.3 is 19.4 Å². The highest BCUT2D eigenvalue weighted by Crippen LogP contribution is 2.43. The van der Waals surface area contributed by atoms with E-state index in [0.717, 1.165) is 48.9 Å². The fourth-order valence-electron chi connectivity index (χ4n) is 5.37. The van der Waals surface area contributed by atoms with Gasteiger partial charge in [-0.3, -0.25) is 9.59 Å². The summed E-state index contributed by atoms with van der Waals surface area (Å²) in [6.07, 6.45) is 1.08. The van der Waals surface area contributed by atoms with Crippen LogP contribution >= 0.6 is 0 Å².